The van der Waals surface area contributed by atoms with Crippen LogP contribution in [-0.2, 0) is 24.4 Å². The first-order chi connectivity index (χ1) is 13.3. The Hall–Kier alpha value is -2.99. The number of hydrogen-bond acceptors (Lipinski definition) is 4. The Morgan fingerprint density at radius 1 is 0.857 bits per heavy atom. The standard InChI is InChI=1S/C22H25N3O3/c1-22(2,3)28-16-19-20(26)24(14-17-10-6-4-7-11-17)21(27)25(23-19)15-18-12-8-5-9-13-18/h4-13H,14-16H2,1-3H3. The summed E-state index contributed by atoms with van der Waals surface area (Å²) in [6.45, 7) is 6.27. The SMILES string of the molecule is CC(C)(C)OCc1nn(Cc2ccccc2)c(=O)n(Cc2ccccc2)c1=O. The van der Waals surface area contributed by atoms with Crippen LogP contribution in [0.5, 0.6) is 0 Å². The predicted molar refractivity (Wildman–Crippen MR) is 108 cm³/mol. The van der Waals surface area contributed by atoms with Gasteiger partial charge >= 0.3 is 5.69 Å². The van der Waals surface area contributed by atoms with Crippen LogP contribution in [0, 0.1) is 0 Å². The monoisotopic (exact) mass is 379 g/mol. The van der Waals surface area contributed by atoms with E-state index in [-0.39, 0.29) is 25.4 Å². The van der Waals surface area contributed by atoms with Crippen molar-refractivity contribution in [3.8, 4) is 0 Å². The average molecular weight is 379 g/mol. The van der Waals surface area contributed by atoms with Gasteiger partial charge in [-0.25, -0.2) is 9.48 Å². The predicted octanol–water partition coefficient (Wildman–Crippen LogP) is 2.82. The normalized spacial score (nSPS) is 11.5. The van der Waals surface area contributed by atoms with Gasteiger partial charge in [-0.15, -0.1) is 0 Å². The van der Waals surface area contributed by atoms with E-state index in [0.717, 1.165) is 11.1 Å². The third-order valence-corrected chi connectivity index (χ3v) is 4.19. The molecule has 6 heteroatoms. The van der Waals surface area contributed by atoms with Crippen LogP contribution >= 0.6 is 0 Å². The molecular weight excluding hydrogens is 354 g/mol. The van der Waals surface area contributed by atoms with Gasteiger partial charge in [-0.2, -0.15) is 5.10 Å². The number of ether oxygens (including phenoxy) is 1. The van der Waals surface area contributed by atoms with Gasteiger partial charge in [-0.1, -0.05) is 60.7 Å². The molecular formula is C22H25N3O3. The molecule has 0 bridgehead atoms. The lowest BCUT2D eigenvalue weighted by molar-refractivity contribution is -0.0179. The average Bonchev–Trinajstić information content (AvgIpc) is 2.67. The van der Waals surface area contributed by atoms with Crippen LogP contribution in [0.25, 0.3) is 0 Å². The van der Waals surface area contributed by atoms with Crippen molar-refractivity contribution in [2.45, 2.75) is 46.1 Å². The van der Waals surface area contributed by atoms with Crippen molar-refractivity contribution in [3.63, 3.8) is 0 Å². The van der Waals surface area contributed by atoms with Gasteiger partial charge in [0.25, 0.3) is 5.56 Å². The second-order valence-corrected chi connectivity index (χ2v) is 7.65. The molecule has 28 heavy (non-hydrogen) atoms. The van der Waals surface area contributed by atoms with Gasteiger partial charge < -0.3 is 4.74 Å². The van der Waals surface area contributed by atoms with Gasteiger partial charge in [0.2, 0.25) is 0 Å². The Bertz CT molecular complexity index is 1030. The molecule has 3 rings (SSSR count). The summed E-state index contributed by atoms with van der Waals surface area (Å²) in [5.41, 5.74) is 0.770. The lowest BCUT2D eigenvalue weighted by atomic mass is 10.2. The molecule has 146 valence electrons. The summed E-state index contributed by atoms with van der Waals surface area (Å²) < 4.78 is 8.32. The smallest absolute Gasteiger partial charge is 0.348 e. The van der Waals surface area contributed by atoms with Gasteiger partial charge in [-0.3, -0.25) is 9.36 Å². The van der Waals surface area contributed by atoms with Crippen LogP contribution in [0.15, 0.2) is 70.3 Å². The molecule has 3 aromatic rings. The second-order valence-electron chi connectivity index (χ2n) is 7.65. The molecule has 1 aromatic heterocycles. The minimum absolute atomic E-state index is 0.0478. The highest BCUT2D eigenvalue weighted by Gasteiger charge is 2.17. The number of rotatable bonds is 6. The molecule has 6 nitrogen and oxygen atoms in total. The van der Waals surface area contributed by atoms with Gasteiger partial charge in [-0.05, 0) is 31.9 Å². The van der Waals surface area contributed by atoms with E-state index in [0.29, 0.717) is 0 Å². The van der Waals surface area contributed by atoms with Crippen molar-refractivity contribution in [3.05, 3.63) is 98.3 Å². The fourth-order valence-electron chi connectivity index (χ4n) is 2.75. The van der Waals surface area contributed by atoms with E-state index >= 15 is 0 Å². The topological polar surface area (TPSA) is 66.1 Å². The molecule has 2 aromatic carbocycles. The molecule has 0 spiro atoms. The van der Waals surface area contributed by atoms with Crippen molar-refractivity contribution in [1.29, 1.82) is 0 Å². The summed E-state index contributed by atoms with van der Waals surface area (Å²) in [6.07, 6.45) is 0. The summed E-state index contributed by atoms with van der Waals surface area (Å²) in [4.78, 5) is 25.9. The van der Waals surface area contributed by atoms with Gasteiger partial charge in [0, 0.05) is 0 Å². The Morgan fingerprint density at radius 3 is 1.93 bits per heavy atom. The summed E-state index contributed by atoms with van der Waals surface area (Å²) in [6, 6.07) is 19.0. The van der Waals surface area contributed by atoms with Gasteiger partial charge in [0.1, 0.15) is 0 Å². The van der Waals surface area contributed by atoms with E-state index in [2.05, 4.69) is 5.10 Å². The largest absolute Gasteiger partial charge is 0.369 e. The van der Waals surface area contributed by atoms with Crippen LogP contribution in [0.4, 0.5) is 0 Å². The van der Waals surface area contributed by atoms with Crippen LogP contribution in [0.2, 0.25) is 0 Å². The highest BCUT2D eigenvalue weighted by atomic mass is 16.5. The van der Waals surface area contributed by atoms with Crippen LogP contribution in [0.3, 0.4) is 0 Å². The van der Waals surface area contributed by atoms with Gasteiger partial charge in [0.05, 0.1) is 25.3 Å². The zero-order valence-corrected chi connectivity index (χ0v) is 16.5. The van der Waals surface area contributed by atoms with Crippen LogP contribution in [0.1, 0.15) is 37.6 Å². The van der Waals surface area contributed by atoms with E-state index in [1.54, 1.807) is 0 Å². The zero-order chi connectivity index (χ0) is 20.1. The molecule has 0 aliphatic rings. The minimum Gasteiger partial charge on any atom is -0.369 e. The maximum Gasteiger partial charge on any atom is 0.348 e. The molecule has 0 aliphatic carbocycles. The Kier molecular flexibility index (Phi) is 5.90. The Balaban J connectivity index is 2.04. The summed E-state index contributed by atoms with van der Waals surface area (Å²) in [5.74, 6) is 0. The third kappa shape index (κ3) is 5.04. The van der Waals surface area contributed by atoms with E-state index in [1.807, 2.05) is 81.4 Å². The zero-order valence-electron chi connectivity index (χ0n) is 16.5. The summed E-state index contributed by atoms with van der Waals surface area (Å²) in [5, 5.41) is 4.32. The van der Waals surface area contributed by atoms with Crippen LogP contribution < -0.4 is 11.2 Å². The first-order valence-electron chi connectivity index (χ1n) is 9.26. The number of nitrogens with zero attached hydrogens (tertiary/aromatic N) is 3. The lowest BCUT2D eigenvalue weighted by Gasteiger charge is -2.19. The Morgan fingerprint density at radius 2 is 1.39 bits per heavy atom. The third-order valence-electron chi connectivity index (χ3n) is 4.19. The molecule has 0 amide bonds. The molecule has 1 heterocycles. The van der Waals surface area contributed by atoms with Crippen molar-refractivity contribution in [2.24, 2.45) is 0 Å². The number of benzene rings is 2. The number of hydrogen-bond donors (Lipinski definition) is 0. The molecule has 0 N–H and O–H groups in total. The first-order valence-corrected chi connectivity index (χ1v) is 9.26. The first kappa shape index (κ1) is 19.8. The highest BCUT2D eigenvalue weighted by Crippen LogP contribution is 2.09. The van der Waals surface area contributed by atoms with E-state index in [9.17, 15) is 9.59 Å². The maximum absolute atomic E-state index is 13.0. The molecule has 0 unspecified atom stereocenters. The fraction of sp³-hybridized carbons (Fsp3) is 0.318. The van der Waals surface area contributed by atoms with Crippen molar-refractivity contribution in [2.75, 3.05) is 0 Å². The van der Waals surface area contributed by atoms with Gasteiger partial charge in [0.15, 0.2) is 5.69 Å². The Labute approximate surface area is 164 Å². The van der Waals surface area contributed by atoms with E-state index < -0.39 is 16.9 Å². The van der Waals surface area contributed by atoms with E-state index in [4.69, 9.17) is 4.74 Å². The molecule has 0 atom stereocenters. The molecule has 0 radical (unpaired) electrons. The van der Waals surface area contributed by atoms with Crippen molar-refractivity contribution < 1.29 is 4.74 Å². The van der Waals surface area contributed by atoms with Crippen molar-refractivity contribution >= 4 is 0 Å². The molecule has 0 fully saturated rings. The molecule has 0 saturated heterocycles. The lowest BCUT2D eigenvalue weighted by Crippen LogP contribution is -2.44. The highest BCUT2D eigenvalue weighted by molar-refractivity contribution is 5.16. The van der Waals surface area contributed by atoms with Crippen LogP contribution in [-0.4, -0.2) is 19.9 Å². The number of aromatic nitrogens is 3. The fourth-order valence-corrected chi connectivity index (χ4v) is 2.75. The summed E-state index contributed by atoms with van der Waals surface area (Å²) in [7, 11) is 0. The van der Waals surface area contributed by atoms with E-state index in [1.165, 1.54) is 9.25 Å². The second kappa shape index (κ2) is 8.35. The quantitative estimate of drug-likeness (QED) is 0.661. The maximum atomic E-state index is 13.0. The minimum atomic E-state index is -0.433. The summed E-state index contributed by atoms with van der Waals surface area (Å²) >= 11 is 0. The molecule has 0 aliphatic heterocycles. The molecule has 0 saturated carbocycles. The van der Waals surface area contributed by atoms with Crippen molar-refractivity contribution in [1.82, 2.24) is 14.3 Å².